The minimum atomic E-state index is -0.299. The fraction of sp³-hybridized carbons (Fsp3) is 0.0667. The summed E-state index contributed by atoms with van der Waals surface area (Å²) >= 11 is 0. The van der Waals surface area contributed by atoms with Crippen LogP contribution < -0.4 is 0 Å². The normalized spacial score (nSPS) is 10.9. The van der Waals surface area contributed by atoms with Gasteiger partial charge >= 0.3 is 0 Å². The first kappa shape index (κ1) is 10.7. The van der Waals surface area contributed by atoms with Crippen LogP contribution in [-0.4, -0.2) is 4.92 Å². The fourth-order valence-corrected chi connectivity index (χ4v) is 2.42. The zero-order chi connectivity index (χ0) is 12.7. The SMILES string of the molecule is Cc1ccc2c(ccc3ccccc32)c1[N+](=O)[O-]. The Balaban J connectivity index is 2.55. The second-order valence-electron chi connectivity index (χ2n) is 4.37. The first-order chi connectivity index (χ1) is 8.68. The standard InChI is InChI=1S/C15H11NO2/c1-10-6-8-13-12-5-3-2-4-11(12)7-9-14(13)15(10)16(17)18/h2-9H,1H3. The monoisotopic (exact) mass is 237 g/mol. The van der Waals surface area contributed by atoms with Crippen LogP contribution in [0.15, 0.2) is 48.5 Å². The van der Waals surface area contributed by atoms with Gasteiger partial charge in [0.15, 0.2) is 0 Å². The molecule has 0 saturated carbocycles. The van der Waals surface area contributed by atoms with Gasteiger partial charge in [-0.2, -0.15) is 0 Å². The van der Waals surface area contributed by atoms with E-state index in [-0.39, 0.29) is 10.6 Å². The third-order valence-corrected chi connectivity index (χ3v) is 3.28. The van der Waals surface area contributed by atoms with E-state index in [1.807, 2.05) is 48.5 Å². The highest BCUT2D eigenvalue weighted by molar-refractivity contribution is 6.10. The van der Waals surface area contributed by atoms with E-state index in [1.54, 1.807) is 6.92 Å². The molecule has 0 aliphatic heterocycles. The molecule has 0 aliphatic carbocycles. The molecule has 0 radical (unpaired) electrons. The molecule has 0 aliphatic rings. The zero-order valence-corrected chi connectivity index (χ0v) is 9.88. The van der Waals surface area contributed by atoms with E-state index in [2.05, 4.69) is 0 Å². The predicted molar refractivity (Wildman–Crippen MR) is 72.8 cm³/mol. The molecule has 3 heteroatoms. The molecule has 0 atom stereocenters. The lowest BCUT2D eigenvalue weighted by atomic mass is 9.99. The summed E-state index contributed by atoms with van der Waals surface area (Å²) in [5, 5.41) is 15.0. The number of nitro groups is 1. The summed E-state index contributed by atoms with van der Waals surface area (Å²) in [5.74, 6) is 0. The number of nitro benzene ring substituents is 1. The Kier molecular flexibility index (Phi) is 2.27. The summed E-state index contributed by atoms with van der Waals surface area (Å²) in [4.78, 5) is 10.9. The van der Waals surface area contributed by atoms with Gasteiger partial charge < -0.3 is 0 Å². The number of aryl methyl sites for hydroxylation is 1. The van der Waals surface area contributed by atoms with Gasteiger partial charge in [0, 0.05) is 5.56 Å². The highest BCUT2D eigenvalue weighted by atomic mass is 16.6. The Labute approximate surface area is 104 Å². The Morgan fingerprint density at radius 1 is 0.889 bits per heavy atom. The van der Waals surface area contributed by atoms with E-state index >= 15 is 0 Å². The van der Waals surface area contributed by atoms with E-state index in [0.29, 0.717) is 10.9 Å². The predicted octanol–water partition coefficient (Wildman–Crippen LogP) is 4.21. The Morgan fingerprint density at radius 3 is 2.39 bits per heavy atom. The van der Waals surface area contributed by atoms with Gasteiger partial charge in [0.25, 0.3) is 5.69 Å². The molecular formula is C15H11NO2. The van der Waals surface area contributed by atoms with Gasteiger partial charge in [-0.25, -0.2) is 0 Å². The van der Waals surface area contributed by atoms with Crippen molar-refractivity contribution in [1.29, 1.82) is 0 Å². The summed E-state index contributed by atoms with van der Waals surface area (Å²) in [6, 6.07) is 15.5. The van der Waals surface area contributed by atoms with Crippen molar-refractivity contribution in [2.45, 2.75) is 6.92 Å². The number of benzene rings is 3. The van der Waals surface area contributed by atoms with E-state index < -0.39 is 0 Å². The lowest BCUT2D eigenvalue weighted by molar-refractivity contribution is -0.383. The molecule has 3 rings (SSSR count). The van der Waals surface area contributed by atoms with Crippen LogP contribution in [0, 0.1) is 17.0 Å². The molecular weight excluding hydrogens is 226 g/mol. The van der Waals surface area contributed by atoms with Crippen molar-refractivity contribution in [3.05, 3.63) is 64.2 Å². The molecule has 0 fully saturated rings. The number of hydrogen-bond acceptors (Lipinski definition) is 2. The second kappa shape index (κ2) is 3.81. The fourth-order valence-electron chi connectivity index (χ4n) is 2.42. The maximum Gasteiger partial charge on any atom is 0.280 e. The summed E-state index contributed by atoms with van der Waals surface area (Å²) in [6.07, 6.45) is 0. The van der Waals surface area contributed by atoms with Crippen molar-refractivity contribution in [2.24, 2.45) is 0 Å². The highest BCUT2D eigenvalue weighted by Crippen LogP contribution is 2.33. The number of hydrogen-bond donors (Lipinski definition) is 0. The topological polar surface area (TPSA) is 43.1 Å². The van der Waals surface area contributed by atoms with E-state index in [9.17, 15) is 10.1 Å². The van der Waals surface area contributed by atoms with Gasteiger partial charge in [-0.1, -0.05) is 42.5 Å². The molecule has 0 bridgehead atoms. The molecule has 3 nitrogen and oxygen atoms in total. The van der Waals surface area contributed by atoms with Crippen LogP contribution in [0.25, 0.3) is 21.5 Å². The number of nitrogens with zero attached hydrogens (tertiary/aromatic N) is 1. The van der Waals surface area contributed by atoms with Crippen molar-refractivity contribution < 1.29 is 4.92 Å². The summed E-state index contributed by atoms with van der Waals surface area (Å²) in [6.45, 7) is 1.77. The van der Waals surface area contributed by atoms with Gasteiger partial charge in [-0.15, -0.1) is 0 Å². The minimum Gasteiger partial charge on any atom is -0.258 e. The van der Waals surface area contributed by atoms with Gasteiger partial charge in [0.2, 0.25) is 0 Å². The third kappa shape index (κ3) is 1.44. The average Bonchev–Trinajstić information content (AvgIpc) is 2.37. The number of fused-ring (bicyclic) bond motifs is 3. The van der Waals surface area contributed by atoms with Gasteiger partial charge in [0.1, 0.15) is 0 Å². The smallest absolute Gasteiger partial charge is 0.258 e. The van der Waals surface area contributed by atoms with Crippen LogP contribution in [0.1, 0.15) is 5.56 Å². The average molecular weight is 237 g/mol. The highest BCUT2D eigenvalue weighted by Gasteiger charge is 2.16. The summed E-state index contributed by atoms with van der Waals surface area (Å²) in [7, 11) is 0. The molecule has 3 aromatic rings. The molecule has 0 aromatic heterocycles. The van der Waals surface area contributed by atoms with Crippen LogP contribution in [0.4, 0.5) is 5.69 Å². The molecule has 88 valence electrons. The maximum atomic E-state index is 11.2. The molecule has 0 N–H and O–H groups in total. The first-order valence-corrected chi connectivity index (χ1v) is 5.74. The molecule has 18 heavy (non-hydrogen) atoms. The van der Waals surface area contributed by atoms with E-state index in [0.717, 1.165) is 16.2 Å². The Hall–Kier alpha value is -2.42. The lowest BCUT2D eigenvalue weighted by Gasteiger charge is -2.06. The molecule has 0 unspecified atom stereocenters. The summed E-state index contributed by atoms with van der Waals surface area (Å²) in [5.41, 5.74) is 0.904. The van der Waals surface area contributed by atoms with Crippen LogP contribution in [0.2, 0.25) is 0 Å². The van der Waals surface area contributed by atoms with Crippen LogP contribution >= 0.6 is 0 Å². The van der Waals surface area contributed by atoms with Crippen LogP contribution in [0.3, 0.4) is 0 Å². The number of rotatable bonds is 1. The lowest BCUT2D eigenvalue weighted by Crippen LogP contribution is -1.93. The van der Waals surface area contributed by atoms with Gasteiger partial charge in [0.05, 0.1) is 10.3 Å². The van der Waals surface area contributed by atoms with Crippen molar-refractivity contribution in [1.82, 2.24) is 0 Å². The van der Waals surface area contributed by atoms with Gasteiger partial charge in [-0.3, -0.25) is 10.1 Å². The maximum absolute atomic E-state index is 11.2. The van der Waals surface area contributed by atoms with Crippen molar-refractivity contribution >= 4 is 27.2 Å². The van der Waals surface area contributed by atoms with Crippen molar-refractivity contribution in [2.75, 3.05) is 0 Å². The molecule has 3 aromatic carbocycles. The Morgan fingerprint density at radius 2 is 1.61 bits per heavy atom. The minimum absolute atomic E-state index is 0.207. The summed E-state index contributed by atoms with van der Waals surface area (Å²) < 4.78 is 0. The van der Waals surface area contributed by atoms with Crippen molar-refractivity contribution in [3.63, 3.8) is 0 Å². The van der Waals surface area contributed by atoms with Gasteiger partial charge in [-0.05, 0) is 29.1 Å². The molecule has 0 saturated heterocycles. The second-order valence-corrected chi connectivity index (χ2v) is 4.37. The van der Waals surface area contributed by atoms with Crippen LogP contribution in [-0.2, 0) is 0 Å². The van der Waals surface area contributed by atoms with Crippen LogP contribution in [0.5, 0.6) is 0 Å². The quantitative estimate of drug-likeness (QED) is 0.361. The van der Waals surface area contributed by atoms with E-state index in [4.69, 9.17) is 0 Å². The van der Waals surface area contributed by atoms with Crippen molar-refractivity contribution in [3.8, 4) is 0 Å². The third-order valence-electron chi connectivity index (χ3n) is 3.28. The Bertz CT molecular complexity index is 778. The molecule has 0 spiro atoms. The first-order valence-electron chi connectivity index (χ1n) is 5.74. The van der Waals surface area contributed by atoms with E-state index in [1.165, 1.54) is 0 Å². The zero-order valence-electron chi connectivity index (χ0n) is 9.88. The molecule has 0 heterocycles. The largest absolute Gasteiger partial charge is 0.280 e. The molecule has 0 amide bonds.